The number of hydrogen-bond donors (Lipinski definition) is 3. The number of pyridine rings is 1. The normalized spacial score (nSPS) is 10.6. The van der Waals surface area contributed by atoms with E-state index in [4.69, 9.17) is 4.74 Å². The number of nitrogens with zero attached hydrogens (tertiary/aromatic N) is 1. The van der Waals surface area contributed by atoms with E-state index < -0.39 is 29.2 Å². The first-order valence-electron chi connectivity index (χ1n) is 9.74. The summed E-state index contributed by atoms with van der Waals surface area (Å²) in [6.45, 7) is 0. The third-order valence-electron chi connectivity index (χ3n) is 4.59. The number of halogens is 4. The molecular formula is C24H15F4N3O3. The van der Waals surface area contributed by atoms with Crippen LogP contribution < -0.4 is 15.4 Å². The second-order valence-corrected chi connectivity index (χ2v) is 7.01. The summed E-state index contributed by atoms with van der Waals surface area (Å²) in [6, 6.07) is 13.7. The predicted molar refractivity (Wildman–Crippen MR) is 117 cm³/mol. The number of carboxylic acid groups (broad SMARTS) is 1. The zero-order valence-corrected chi connectivity index (χ0v) is 17.2. The predicted octanol–water partition coefficient (Wildman–Crippen LogP) is 6.62. The van der Waals surface area contributed by atoms with Crippen LogP contribution in [-0.2, 0) is 0 Å². The van der Waals surface area contributed by atoms with Crippen LogP contribution in [-0.4, -0.2) is 16.1 Å². The summed E-state index contributed by atoms with van der Waals surface area (Å²) in [7, 11) is 0. The van der Waals surface area contributed by atoms with Gasteiger partial charge in [0.15, 0.2) is 23.3 Å². The van der Waals surface area contributed by atoms with E-state index in [2.05, 4.69) is 15.6 Å². The maximum Gasteiger partial charge on any atom is 0.337 e. The lowest BCUT2D eigenvalue weighted by Crippen LogP contribution is -2.04. The molecule has 10 heteroatoms. The van der Waals surface area contributed by atoms with Crippen LogP contribution in [0.5, 0.6) is 11.6 Å². The summed E-state index contributed by atoms with van der Waals surface area (Å²) in [5.74, 6) is -5.00. The summed E-state index contributed by atoms with van der Waals surface area (Å²) in [5.41, 5.74) is 0.949. The molecule has 0 spiro atoms. The summed E-state index contributed by atoms with van der Waals surface area (Å²) in [5, 5.41) is 15.1. The molecule has 1 aromatic heterocycles. The van der Waals surface area contributed by atoms with Crippen molar-refractivity contribution in [2.45, 2.75) is 0 Å². The lowest BCUT2D eigenvalue weighted by Gasteiger charge is -2.12. The topological polar surface area (TPSA) is 83.5 Å². The Balaban J connectivity index is 1.48. The van der Waals surface area contributed by atoms with Crippen molar-refractivity contribution in [3.8, 4) is 11.6 Å². The van der Waals surface area contributed by atoms with Gasteiger partial charge < -0.3 is 20.5 Å². The lowest BCUT2D eigenvalue weighted by molar-refractivity contribution is 0.0697. The molecule has 3 aromatic carbocycles. The van der Waals surface area contributed by atoms with Crippen LogP contribution in [0.1, 0.15) is 10.4 Å². The van der Waals surface area contributed by atoms with Gasteiger partial charge in [0.1, 0.15) is 5.75 Å². The van der Waals surface area contributed by atoms with Crippen molar-refractivity contribution >= 4 is 28.7 Å². The molecule has 4 rings (SSSR count). The molecule has 0 radical (unpaired) electrons. The van der Waals surface area contributed by atoms with Crippen molar-refractivity contribution in [1.29, 1.82) is 0 Å². The third-order valence-corrected chi connectivity index (χ3v) is 4.59. The Morgan fingerprint density at radius 2 is 1.35 bits per heavy atom. The van der Waals surface area contributed by atoms with Gasteiger partial charge in [-0.25, -0.2) is 27.3 Å². The zero-order valence-electron chi connectivity index (χ0n) is 17.2. The number of rotatable bonds is 7. The van der Waals surface area contributed by atoms with Crippen molar-refractivity contribution in [2.24, 2.45) is 0 Å². The summed E-state index contributed by atoms with van der Waals surface area (Å²) < 4.78 is 58.5. The Hall–Kier alpha value is -4.60. The van der Waals surface area contributed by atoms with E-state index in [1.807, 2.05) is 0 Å². The molecule has 0 bridgehead atoms. The van der Waals surface area contributed by atoms with Crippen LogP contribution in [0, 0.1) is 23.3 Å². The second-order valence-electron chi connectivity index (χ2n) is 7.01. The van der Waals surface area contributed by atoms with Gasteiger partial charge in [-0.3, -0.25) is 0 Å². The highest BCUT2D eigenvalue weighted by atomic mass is 19.2. The lowest BCUT2D eigenvalue weighted by atomic mass is 10.1. The minimum atomic E-state index is -1.27. The van der Waals surface area contributed by atoms with Gasteiger partial charge in [-0.05, 0) is 48.5 Å². The zero-order chi connectivity index (χ0) is 24.2. The van der Waals surface area contributed by atoms with Gasteiger partial charge in [-0.15, -0.1) is 0 Å². The Kier molecular flexibility index (Phi) is 6.30. The highest BCUT2D eigenvalue weighted by molar-refractivity contribution is 5.95. The van der Waals surface area contributed by atoms with Crippen molar-refractivity contribution in [1.82, 2.24) is 4.98 Å². The molecule has 6 nitrogen and oxygen atoms in total. The summed E-state index contributed by atoms with van der Waals surface area (Å²) >= 11 is 0. The smallest absolute Gasteiger partial charge is 0.337 e. The molecule has 0 atom stereocenters. The number of benzene rings is 3. The van der Waals surface area contributed by atoms with E-state index in [1.54, 1.807) is 6.07 Å². The quantitative estimate of drug-likeness (QED) is 0.264. The number of anilines is 4. The van der Waals surface area contributed by atoms with Crippen LogP contribution in [0.15, 0.2) is 72.9 Å². The number of nitrogens with one attached hydrogen (secondary N) is 2. The molecule has 0 unspecified atom stereocenters. The van der Waals surface area contributed by atoms with Gasteiger partial charge in [0, 0.05) is 29.6 Å². The van der Waals surface area contributed by atoms with E-state index in [0.717, 1.165) is 24.3 Å². The molecule has 34 heavy (non-hydrogen) atoms. The molecule has 3 N–H and O–H groups in total. The molecule has 0 saturated carbocycles. The molecule has 1 heterocycles. The first-order valence-corrected chi connectivity index (χ1v) is 9.74. The molecule has 0 fully saturated rings. The van der Waals surface area contributed by atoms with Gasteiger partial charge in [0.05, 0.1) is 23.1 Å². The molecule has 4 aromatic rings. The van der Waals surface area contributed by atoms with Gasteiger partial charge >= 0.3 is 5.97 Å². The Labute approximate surface area is 190 Å². The molecule has 0 amide bonds. The van der Waals surface area contributed by atoms with Crippen LogP contribution in [0.2, 0.25) is 0 Å². The molecule has 172 valence electrons. The van der Waals surface area contributed by atoms with Crippen LogP contribution in [0.25, 0.3) is 0 Å². The van der Waals surface area contributed by atoms with Gasteiger partial charge in [0.2, 0.25) is 5.88 Å². The van der Waals surface area contributed by atoms with E-state index in [-0.39, 0.29) is 28.6 Å². The fraction of sp³-hybridized carbons (Fsp3) is 0. The Bertz CT molecular complexity index is 1360. The number of ether oxygens (including phenoxy) is 1. The van der Waals surface area contributed by atoms with Gasteiger partial charge in [-0.2, -0.15) is 0 Å². The molecular weight excluding hydrogens is 454 g/mol. The Morgan fingerprint density at radius 3 is 1.91 bits per heavy atom. The molecule has 0 aliphatic rings. The Morgan fingerprint density at radius 1 is 0.735 bits per heavy atom. The van der Waals surface area contributed by atoms with Crippen molar-refractivity contribution < 1.29 is 32.2 Å². The standard InChI is InChI=1S/C24H15F4N3O3/c25-18-5-1-13(9-20(18)27)30-15-3-8-23(29-12-15)34-16-4-7-22(17(11-16)24(32)33)31-14-2-6-19(26)21(28)10-14/h1-12,30-31H,(H,32,33). The molecule has 0 saturated heterocycles. The monoisotopic (exact) mass is 469 g/mol. The number of aromatic nitrogens is 1. The molecule has 0 aliphatic carbocycles. The van der Waals surface area contributed by atoms with Crippen LogP contribution in [0.3, 0.4) is 0 Å². The first kappa shape index (κ1) is 22.6. The summed E-state index contributed by atoms with van der Waals surface area (Å²) in [6.07, 6.45) is 1.40. The largest absolute Gasteiger partial charge is 0.478 e. The van der Waals surface area contributed by atoms with Gasteiger partial charge in [0.25, 0.3) is 0 Å². The highest BCUT2D eigenvalue weighted by Crippen LogP contribution is 2.29. The highest BCUT2D eigenvalue weighted by Gasteiger charge is 2.14. The van der Waals surface area contributed by atoms with E-state index in [1.165, 1.54) is 42.6 Å². The fourth-order valence-electron chi connectivity index (χ4n) is 2.98. The minimum absolute atomic E-state index is 0.143. The maximum absolute atomic E-state index is 13.4. The fourth-order valence-corrected chi connectivity index (χ4v) is 2.98. The van der Waals surface area contributed by atoms with Crippen molar-refractivity contribution in [3.63, 3.8) is 0 Å². The number of hydrogen-bond acceptors (Lipinski definition) is 5. The van der Waals surface area contributed by atoms with E-state index in [0.29, 0.717) is 11.4 Å². The second kappa shape index (κ2) is 9.49. The number of carbonyl (C=O) groups is 1. The van der Waals surface area contributed by atoms with Crippen LogP contribution >= 0.6 is 0 Å². The third kappa shape index (κ3) is 5.23. The average molecular weight is 469 g/mol. The average Bonchev–Trinajstić information content (AvgIpc) is 2.81. The number of aromatic carboxylic acids is 1. The maximum atomic E-state index is 13.4. The SMILES string of the molecule is O=C(O)c1cc(Oc2ccc(Nc3ccc(F)c(F)c3)cn2)ccc1Nc1ccc(F)c(F)c1. The van der Waals surface area contributed by atoms with E-state index >= 15 is 0 Å². The van der Waals surface area contributed by atoms with E-state index in [9.17, 15) is 27.5 Å². The minimum Gasteiger partial charge on any atom is -0.478 e. The van der Waals surface area contributed by atoms with Crippen molar-refractivity contribution in [2.75, 3.05) is 10.6 Å². The number of carboxylic acids is 1. The first-order chi connectivity index (χ1) is 16.3. The van der Waals surface area contributed by atoms with Crippen molar-refractivity contribution in [3.05, 3.63) is 102 Å². The van der Waals surface area contributed by atoms with Gasteiger partial charge in [-0.1, -0.05) is 0 Å². The summed E-state index contributed by atoms with van der Waals surface area (Å²) in [4.78, 5) is 15.8. The molecule has 0 aliphatic heterocycles. The van der Waals surface area contributed by atoms with Crippen LogP contribution in [0.4, 0.5) is 40.3 Å².